The number of rotatable bonds is 5. The average molecular weight is 288 g/mol. The van der Waals surface area contributed by atoms with Gasteiger partial charge >= 0.3 is 0 Å². The quantitative estimate of drug-likeness (QED) is 0.896. The highest BCUT2D eigenvalue weighted by Crippen LogP contribution is 2.28. The Morgan fingerprint density at radius 1 is 1.19 bits per heavy atom. The number of nitrogens with one attached hydrogen (secondary N) is 1. The molecule has 1 amide bonds. The van der Waals surface area contributed by atoms with Gasteiger partial charge in [0, 0.05) is 6.54 Å². The predicted octanol–water partition coefficient (Wildman–Crippen LogP) is 3.68. The van der Waals surface area contributed by atoms with Crippen LogP contribution < -0.4 is 5.32 Å². The first-order valence-corrected chi connectivity index (χ1v) is 8.10. The molecule has 1 aliphatic heterocycles. The van der Waals surface area contributed by atoms with Crippen molar-refractivity contribution in [1.82, 2.24) is 10.2 Å². The third-order valence-electron chi connectivity index (χ3n) is 4.50. The lowest BCUT2D eigenvalue weighted by molar-refractivity contribution is -0.130. The molecule has 1 aromatic rings. The first-order valence-electron chi connectivity index (χ1n) is 8.10. The van der Waals surface area contributed by atoms with Gasteiger partial charge in [0.25, 0.3) is 0 Å². The molecule has 0 bridgehead atoms. The van der Waals surface area contributed by atoms with E-state index in [1.165, 1.54) is 11.1 Å². The van der Waals surface area contributed by atoms with Crippen LogP contribution in [0.25, 0.3) is 0 Å². The van der Waals surface area contributed by atoms with Crippen molar-refractivity contribution in [3.63, 3.8) is 0 Å². The maximum absolute atomic E-state index is 12.4. The summed E-state index contributed by atoms with van der Waals surface area (Å²) in [4.78, 5) is 14.4. The standard InChI is InChI=1S/C18H28N2O/c1-6-13(4)11-20-17(19-14(5)18(20)21)16-9-7-15(8-10-16)12(2)3/h7-10,12-14,17,19H,6,11H2,1-5H3. The second-order valence-corrected chi connectivity index (χ2v) is 6.62. The summed E-state index contributed by atoms with van der Waals surface area (Å²) in [6.07, 6.45) is 1.11. The molecule has 1 fully saturated rings. The number of nitrogens with zero attached hydrogens (tertiary/aromatic N) is 1. The van der Waals surface area contributed by atoms with Crippen LogP contribution in [0.4, 0.5) is 0 Å². The zero-order valence-corrected chi connectivity index (χ0v) is 13.9. The lowest BCUT2D eigenvalue weighted by Crippen LogP contribution is -2.34. The highest BCUT2D eigenvalue weighted by Gasteiger charge is 2.37. The fourth-order valence-electron chi connectivity index (χ4n) is 2.77. The molecule has 1 aromatic carbocycles. The number of hydrogen-bond donors (Lipinski definition) is 1. The van der Waals surface area contributed by atoms with E-state index in [1.807, 2.05) is 11.8 Å². The Balaban J connectivity index is 2.21. The van der Waals surface area contributed by atoms with E-state index in [0.29, 0.717) is 11.8 Å². The van der Waals surface area contributed by atoms with Gasteiger partial charge in [0.2, 0.25) is 5.91 Å². The van der Waals surface area contributed by atoms with Crippen molar-refractivity contribution in [3.05, 3.63) is 35.4 Å². The predicted molar refractivity (Wildman–Crippen MR) is 87.0 cm³/mol. The van der Waals surface area contributed by atoms with Crippen LogP contribution in [0.1, 0.15) is 64.3 Å². The van der Waals surface area contributed by atoms with Gasteiger partial charge in [-0.1, -0.05) is 58.4 Å². The van der Waals surface area contributed by atoms with Gasteiger partial charge in [-0.25, -0.2) is 0 Å². The van der Waals surface area contributed by atoms with Crippen LogP contribution in [0.3, 0.4) is 0 Å². The topological polar surface area (TPSA) is 32.3 Å². The second-order valence-electron chi connectivity index (χ2n) is 6.62. The third kappa shape index (κ3) is 3.46. The van der Waals surface area contributed by atoms with E-state index in [1.54, 1.807) is 0 Å². The molecule has 3 nitrogen and oxygen atoms in total. The van der Waals surface area contributed by atoms with Crippen LogP contribution in [-0.4, -0.2) is 23.4 Å². The highest BCUT2D eigenvalue weighted by molar-refractivity contribution is 5.84. The third-order valence-corrected chi connectivity index (χ3v) is 4.50. The Kier molecular flexibility index (Phi) is 5.04. The lowest BCUT2D eigenvalue weighted by atomic mass is 10.0. The van der Waals surface area contributed by atoms with E-state index in [2.05, 4.69) is 57.3 Å². The van der Waals surface area contributed by atoms with Crippen molar-refractivity contribution < 1.29 is 4.79 Å². The largest absolute Gasteiger partial charge is 0.321 e. The van der Waals surface area contributed by atoms with Gasteiger partial charge < -0.3 is 4.90 Å². The summed E-state index contributed by atoms with van der Waals surface area (Å²) in [5.41, 5.74) is 2.52. The molecule has 0 spiro atoms. The summed E-state index contributed by atoms with van der Waals surface area (Å²) >= 11 is 0. The van der Waals surface area contributed by atoms with Crippen LogP contribution in [-0.2, 0) is 4.79 Å². The van der Waals surface area contributed by atoms with Gasteiger partial charge in [-0.15, -0.1) is 0 Å². The fourth-order valence-corrected chi connectivity index (χ4v) is 2.77. The molecular formula is C18H28N2O. The summed E-state index contributed by atoms with van der Waals surface area (Å²) in [5.74, 6) is 1.28. The van der Waals surface area contributed by atoms with Crippen molar-refractivity contribution >= 4 is 5.91 Å². The van der Waals surface area contributed by atoms with E-state index in [4.69, 9.17) is 0 Å². The molecule has 3 atom stereocenters. The molecule has 0 aromatic heterocycles. The van der Waals surface area contributed by atoms with Crippen LogP contribution in [0.5, 0.6) is 0 Å². The lowest BCUT2D eigenvalue weighted by Gasteiger charge is -2.27. The van der Waals surface area contributed by atoms with Gasteiger partial charge in [0.1, 0.15) is 6.17 Å². The van der Waals surface area contributed by atoms with Gasteiger partial charge in [0.15, 0.2) is 0 Å². The van der Waals surface area contributed by atoms with Crippen molar-refractivity contribution in [2.24, 2.45) is 5.92 Å². The molecule has 3 unspecified atom stereocenters. The Morgan fingerprint density at radius 3 is 2.33 bits per heavy atom. The molecule has 1 aliphatic rings. The smallest absolute Gasteiger partial charge is 0.241 e. The van der Waals surface area contributed by atoms with Crippen molar-refractivity contribution in [2.75, 3.05) is 6.54 Å². The van der Waals surface area contributed by atoms with Crippen LogP contribution in [0, 0.1) is 5.92 Å². The van der Waals surface area contributed by atoms with Gasteiger partial charge in [-0.2, -0.15) is 0 Å². The van der Waals surface area contributed by atoms with Crippen molar-refractivity contribution in [1.29, 1.82) is 0 Å². The molecule has 1 heterocycles. The molecule has 1 N–H and O–H groups in total. The summed E-state index contributed by atoms with van der Waals surface area (Å²) in [7, 11) is 0. The average Bonchev–Trinajstić information content (AvgIpc) is 2.75. The van der Waals surface area contributed by atoms with E-state index in [-0.39, 0.29) is 18.1 Å². The summed E-state index contributed by atoms with van der Waals surface area (Å²) in [6, 6.07) is 8.57. The Hall–Kier alpha value is -1.35. The summed E-state index contributed by atoms with van der Waals surface area (Å²) < 4.78 is 0. The van der Waals surface area contributed by atoms with Crippen LogP contribution >= 0.6 is 0 Å². The maximum atomic E-state index is 12.4. The van der Waals surface area contributed by atoms with E-state index >= 15 is 0 Å². The summed E-state index contributed by atoms with van der Waals surface area (Å²) in [6.45, 7) is 11.6. The van der Waals surface area contributed by atoms with E-state index in [9.17, 15) is 4.79 Å². The molecule has 3 heteroatoms. The van der Waals surface area contributed by atoms with Crippen molar-refractivity contribution in [2.45, 2.75) is 59.2 Å². The first-order chi connectivity index (χ1) is 9.93. The highest BCUT2D eigenvalue weighted by atomic mass is 16.2. The number of amides is 1. The molecule has 0 radical (unpaired) electrons. The van der Waals surface area contributed by atoms with E-state index in [0.717, 1.165) is 13.0 Å². The van der Waals surface area contributed by atoms with Gasteiger partial charge in [-0.3, -0.25) is 10.1 Å². The molecule has 2 rings (SSSR count). The Morgan fingerprint density at radius 2 is 1.81 bits per heavy atom. The summed E-state index contributed by atoms with van der Waals surface area (Å²) in [5, 5.41) is 3.42. The zero-order chi connectivity index (χ0) is 15.6. The first kappa shape index (κ1) is 16.0. The molecule has 116 valence electrons. The SMILES string of the molecule is CCC(C)CN1C(=O)C(C)NC1c1ccc(C(C)C)cc1. The normalized spacial score (nSPS) is 23.9. The van der Waals surface area contributed by atoms with E-state index < -0.39 is 0 Å². The van der Waals surface area contributed by atoms with Gasteiger partial charge in [0.05, 0.1) is 6.04 Å². The number of carbonyl (C=O) groups is 1. The minimum absolute atomic E-state index is 0.0164. The zero-order valence-electron chi connectivity index (χ0n) is 13.9. The monoisotopic (exact) mass is 288 g/mol. The van der Waals surface area contributed by atoms with Crippen LogP contribution in [0.2, 0.25) is 0 Å². The molecular weight excluding hydrogens is 260 g/mol. The number of carbonyl (C=O) groups excluding carboxylic acids is 1. The molecule has 0 saturated carbocycles. The molecule has 1 saturated heterocycles. The number of benzene rings is 1. The number of hydrogen-bond acceptors (Lipinski definition) is 2. The van der Waals surface area contributed by atoms with Crippen LogP contribution in [0.15, 0.2) is 24.3 Å². The minimum atomic E-state index is -0.0937. The van der Waals surface area contributed by atoms with Gasteiger partial charge in [-0.05, 0) is 29.9 Å². The fraction of sp³-hybridized carbons (Fsp3) is 0.611. The van der Waals surface area contributed by atoms with Crippen molar-refractivity contribution in [3.8, 4) is 0 Å². The molecule has 0 aliphatic carbocycles. The Labute approximate surface area is 128 Å². The Bertz CT molecular complexity index is 480. The minimum Gasteiger partial charge on any atom is -0.321 e. The molecule has 21 heavy (non-hydrogen) atoms. The second kappa shape index (κ2) is 6.61. The maximum Gasteiger partial charge on any atom is 0.241 e.